The molecule has 0 heterocycles. The van der Waals surface area contributed by atoms with Gasteiger partial charge in [-0.25, -0.2) is 0 Å². The first-order chi connectivity index (χ1) is 11.9. The summed E-state index contributed by atoms with van der Waals surface area (Å²) in [7, 11) is -4.57. The van der Waals surface area contributed by atoms with E-state index in [4.69, 9.17) is 9.29 Å². The van der Waals surface area contributed by atoms with Gasteiger partial charge in [-0.1, -0.05) is 50.8 Å². The van der Waals surface area contributed by atoms with Crippen molar-refractivity contribution in [2.75, 3.05) is 0 Å². The van der Waals surface area contributed by atoms with E-state index in [2.05, 4.69) is 6.92 Å². The summed E-state index contributed by atoms with van der Waals surface area (Å²) >= 11 is 0. The second-order valence-corrected chi connectivity index (χ2v) is 7.36. The first kappa shape index (κ1) is 23.6. The molecular weight excluding hydrogens is 379 g/mol. The number of hydrogen-bond donors (Lipinski definition) is 1. The third-order valence-electron chi connectivity index (χ3n) is 3.92. The van der Waals surface area contributed by atoms with Crippen LogP contribution in [0.15, 0.2) is 47.4 Å². The molecule has 0 spiro atoms. The predicted molar refractivity (Wildman–Crippen MR) is 94.7 cm³/mol. The molecule has 0 saturated carbocycles. The molecule has 0 amide bonds. The molecular formula is C19H23KO5S. The molecule has 0 aliphatic rings. The molecule has 0 atom stereocenters. The van der Waals surface area contributed by atoms with Crippen LogP contribution in [-0.2, 0) is 16.5 Å². The zero-order valence-corrected chi connectivity index (χ0v) is 19.2. The number of aryl methyl sites for hydroxylation is 1. The van der Waals surface area contributed by atoms with Crippen LogP contribution in [0.5, 0.6) is 17.2 Å². The minimum atomic E-state index is -4.57. The number of unbranched alkanes of at least 4 members (excludes halogenated alkanes) is 4. The molecule has 0 radical (unpaired) electrons. The summed E-state index contributed by atoms with van der Waals surface area (Å²) in [5, 5.41) is 12.1. The van der Waals surface area contributed by atoms with Gasteiger partial charge < -0.3 is 9.84 Å². The zero-order valence-electron chi connectivity index (χ0n) is 15.3. The maximum Gasteiger partial charge on any atom is 1.00 e. The third kappa shape index (κ3) is 7.30. The molecule has 0 aromatic heterocycles. The normalized spacial score (nSPS) is 11.0. The molecule has 136 valence electrons. The summed E-state index contributed by atoms with van der Waals surface area (Å²) in [6, 6.07) is 11.2. The van der Waals surface area contributed by atoms with Gasteiger partial charge in [0.25, 0.3) is 10.1 Å². The first-order valence-corrected chi connectivity index (χ1v) is 9.90. The molecule has 0 bridgehead atoms. The molecule has 1 N–H and O–H groups in total. The van der Waals surface area contributed by atoms with Gasteiger partial charge in [-0.3, -0.25) is 4.55 Å². The molecule has 2 aromatic carbocycles. The van der Waals surface area contributed by atoms with E-state index < -0.39 is 20.8 Å². The van der Waals surface area contributed by atoms with Gasteiger partial charge in [0.15, 0.2) is 0 Å². The van der Waals surface area contributed by atoms with Gasteiger partial charge in [0.1, 0.15) is 11.5 Å². The van der Waals surface area contributed by atoms with Crippen LogP contribution in [0.4, 0.5) is 0 Å². The van der Waals surface area contributed by atoms with Gasteiger partial charge in [0.2, 0.25) is 0 Å². The maximum absolute atomic E-state index is 12.1. The zero-order chi connectivity index (χ0) is 18.3. The molecule has 0 fully saturated rings. The average Bonchev–Trinajstić information content (AvgIpc) is 2.56. The summed E-state index contributed by atoms with van der Waals surface area (Å²) < 4.78 is 37.0. The van der Waals surface area contributed by atoms with Crippen LogP contribution in [0.25, 0.3) is 0 Å². The SMILES string of the molecule is CCCCCCCc1cccc(Oc2cccc(S(=O)(=O)O)c2[O-])c1.[K+]. The quantitative estimate of drug-likeness (QED) is 0.388. The van der Waals surface area contributed by atoms with Crippen LogP contribution in [0.1, 0.15) is 44.6 Å². The molecule has 0 aliphatic carbocycles. The molecule has 0 saturated heterocycles. The summed E-state index contributed by atoms with van der Waals surface area (Å²) in [5.41, 5.74) is 1.10. The summed E-state index contributed by atoms with van der Waals surface area (Å²) in [6.07, 6.45) is 6.89. The van der Waals surface area contributed by atoms with Gasteiger partial charge in [-0.05, 0) is 48.4 Å². The topological polar surface area (TPSA) is 86.7 Å². The van der Waals surface area contributed by atoms with Gasteiger partial charge >= 0.3 is 51.4 Å². The van der Waals surface area contributed by atoms with Crippen molar-refractivity contribution in [3.8, 4) is 17.2 Å². The molecule has 0 aliphatic heterocycles. The number of rotatable bonds is 9. The largest absolute Gasteiger partial charge is 1.00 e. The Morgan fingerprint density at radius 2 is 1.73 bits per heavy atom. The fourth-order valence-electron chi connectivity index (χ4n) is 2.60. The van der Waals surface area contributed by atoms with Crippen molar-refractivity contribution >= 4 is 10.1 Å². The predicted octanol–water partition coefficient (Wildman–Crippen LogP) is 1.32. The minimum Gasteiger partial charge on any atom is -0.869 e. The van der Waals surface area contributed by atoms with E-state index in [-0.39, 0.29) is 57.1 Å². The monoisotopic (exact) mass is 402 g/mol. The number of ether oxygens (including phenoxy) is 1. The number of benzene rings is 2. The van der Waals surface area contributed by atoms with Crippen LogP contribution in [0.3, 0.4) is 0 Å². The first-order valence-electron chi connectivity index (χ1n) is 8.46. The molecule has 26 heavy (non-hydrogen) atoms. The van der Waals surface area contributed by atoms with E-state index in [0.717, 1.165) is 24.5 Å². The third-order valence-corrected chi connectivity index (χ3v) is 4.79. The Morgan fingerprint density at radius 1 is 1.04 bits per heavy atom. The second kappa shape index (κ2) is 11.4. The average molecular weight is 403 g/mol. The molecule has 2 rings (SSSR count). The van der Waals surface area contributed by atoms with Crippen LogP contribution in [0, 0.1) is 0 Å². The van der Waals surface area contributed by atoms with Gasteiger partial charge in [0, 0.05) is 0 Å². The van der Waals surface area contributed by atoms with Crippen molar-refractivity contribution in [1.29, 1.82) is 0 Å². The fourth-order valence-corrected chi connectivity index (χ4v) is 3.19. The molecule has 2 aromatic rings. The Hall–Kier alpha value is -0.414. The van der Waals surface area contributed by atoms with Gasteiger partial charge in [-0.2, -0.15) is 8.42 Å². The fraction of sp³-hybridized carbons (Fsp3) is 0.368. The van der Waals surface area contributed by atoms with Crippen LogP contribution in [0.2, 0.25) is 0 Å². The van der Waals surface area contributed by atoms with Crippen LogP contribution in [-0.4, -0.2) is 13.0 Å². The Kier molecular flexibility index (Phi) is 10.4. The Labute approximate surface area is 198 Å². The van der Waals surface area contributed by atoms with Gasteiger partial charge in [0.05, 0.1) is 4.90 Å². The number of para-hydroxylation sites is 1. The smallest absolute Gasteiger partial charge is 0.869 e. The van der Waals surface area contributed by atoms with E-state index in [1.54, 1.807) is 6.07 Å². The van der Waals surface area contributed by atoms with Crippen molar-refractivity contribution in [2.24, 2.45) is 0 Å². The van der Waals surface area contributed by atoms with E-state index in [9.17, 15) is 13.5 Å². The molecule has 0 unspecified atom stereocenters. The van der Waals surface area contributed by atoms with E-state index >= 15 is 0 Å². The number of hydrogen-bond acceptors (Lipinski definition) is 4. The van der Waals surface area contributed by atoms with E-state index in [0.29, 0.717) is 5.75 Å². The van der Waals surface area contributed by atoms with Crippen LogP contribution >= 0.6 is 0 Å². The standard InChI is InChI=1S/C19H24O5S.K/c1-2-3-4-5-6-9-15-10-7-11-16(14-15)24-17-12-8-13-18(19(17)20)25(21,22)23;/h7-8,10-14,20H,2-6,9H2,1H3,(H,21,22,23);/q;+1/p-1. The van der Waals surface area contributed by atoms with Crippen molar-refractivity contribution in [3.63, 3.8) is 0 Å². The maximum atomic E-state index is 12.1. The van der Waals surface area contributed by atoms with Crippen LogP contribution < -0.4 is 61.2 Å². The van der Waals surface area contributed by atoms with Crippen molar-refractivity contribution in [3.05, 3.63) is 48.0 Å². The van der Waals surface area contributed by atoms with Crippen molar-refractivity contribution in [2.45, 2.75) is 50.3 Å². The van der Waals surface area contributed by atoms with Crippen molar-refractivity contribution in [1.82, 2.24) is 0 Å². The van der Waals surface area contributed by atoms with Gasteiger partial charge in [-0.15, -0.1) is 0 Å². The minimum absolute atomic E-state index is 0. The summed E-state index contributed by atoms with van der Waals surface area (Å²) in [5.74, 6) is -0.513. The Balaban J connectivity index is 0.00000338. The second-order valence-electron chi connectivity index (χ2n) is 5.97. The summed E-state index contributed by atoms with van der Waals surface area (Å²) in [6.45, 7) is 2.18. The molecule has 5 nitrogen and oxygen atoms in total. The van der Waals surface area contributed by atoms with Crippen molar-refractivity contribution < 1.29 is 74.2 Å². The van der Waals surface area contributed by atoms with E-state index in [1.807, 2.05) is 18.2 Å². The Morgan fingerprint density at radius 3 is 2.42 bits per heavy atom. The molecule has 7 heteroatoms. The van der Waals surface area contributed by atoms with E-state index in [1.165, 1.54) is 37.8 Å². The Bertz CT molecular complexity index is 805. The summed E-state index contributed by atoms with van der Waals surface area (Å²) in [4.78, 5) is -0.683.